The molecule has 2 aromatic heterocycles. The Morgan fingerprint density at radius 3 is 2.95 bits per heavy atom. The minimum Gasteiger partial charge on any atom is -0.496 e. The van der Waals surface area contributed by atoms with Gasteiger partial charge in [-0.05, 0) is 35.8 Å². The number of nitrogens with one attached hydrogen (secondary N) is 1. The number of anilines is 2. The van der Waals surface area contributed by atoms with Crippen molar-refractivity contribution >= 4 is 28.6 Å². The molecule has 3 aromatic rings. The molecule has 0 unspecified atom stereocenters. The summed E-state index contributed by atoms with van der Waals surface area (Å²) in [5.41, 5.74) is 4.50. The maximum absolute atomic E-state index is 6.20. The van der Waals surface area contributed by atoms with Crippen LogP contribution in [0.3, 0.4) is 0 Å². The van der Waals surface area contributed by atoms with E-state index >= 15 is 0 Å². The number of methoxy groups -OCH3 is 1. The summed E-state index contributed by atoms with van der Waals surface area (Å²) in [6, 6.07) is 3.90. The van der Waals surface area contributed by atoms with Crippen LogP contribution in [0.5, 0.6) is 5.75 Å². The van der Waals surface area contributed by atoms with Crippen LogP contribution in [0.15, 0.2) is 24.8 Å². The zero-order chi connectivity index (χ0) is 13.9. The lowest BCUT2D eigenvalue weighted by Gasteiger charge is -2.19. The highest BCUT2D eigenvalue weighted by molar-refractivity contribution is 6.33. The van der Waals surface area contributed by atoms with E-state index < -0.39 is 0 Å². The van der Waals surface area contributed by atoms with Gasteiger partial charge < -0.3 is 10.1 Å². The Kier molecular flexibility index (Phi) is 2.20. The molecule has 1 N–H and O–H groups in total. The summed E-state index contributed by atoms with van der Waals surface area (Å²) in [7, 11) is 1.65. The van der Waals surface area contributed by atoms with E-state index in [0.29, 0.717) is 5.15 Å². The van der Waals surface area contributed by atoms with E-state index in [1.54, 1.807) is 19.8 Å². The van der Waals surface area contributed by atoms with E-state index in [1.165, 1.54) is 0 Å². The third-order valence-electron chi connectivity index (χ3n) is 3.55. The number of ether oxygens (including phenoxy) is 1. The Morgan fingerprint density at radius 1 is 1.30 bits per heavy atom. The predicted molar refractivity (Wildman–Crippen MR) is 74.1 cm³/mol. The second kappa shape index (κ2) is 3.83. The van der Waals surface area contributed by atoms with E-state index in [4.69, 9.17) is 16.3 Å². The molecular weight excluding hydrogens is 278 g/mol. The smallest absolute Gasteiger partial charge is 0.268 e. The first kappa shape index (κ1) is 11.5. The fourth-order valence-electron chi connectivity index (χ4n) is 2.56. The number of nitrogens with zero attached hydrogens (tertiary/aromatic N) is 4. The van der Waals surface area contributed by atoms with Crippen molar-refractivity contribution in [1.29, 1.82) is 0 Å². The van der Waals surface area contributed by atoms with Crippen molar-refractivity contribution in [2.24, 2.45) is 0 Å². The second-order valence-corrected chi connectivity index (χ2v) is 4.95. The van der Waals surface area contributed by atoms with Crippen molar-refractivity contribution < 1.29 is 9.14 Å². The number of aromatic nitrogens is 4. The van der Waals surface area contributed by atoms with E-state index in [0.717, 1.165) is 34.0 Å². The van der Waals surface area contributed by atoms with Gasteiger partial charge in [0.15, 0.2) is 5.69 Å². The van der Waals surface area contributed by atoms with Crippen LogP contribution in [0.4, 0.5) is 11.4 Å². The normalized spacial score (nSPS) is 12.2. The molecule has 0 fully saturated rings. The summed E-state index contributed by atoms with van der Waals surface area (Å²) in [5, 5.41) is 8.17. The minimum absolute atomic E-state index is 0.416. The van der Waals surface area contributed by atoms with Crippen molar-refractivity contribution in [1.82, 2.24) is 14.8 Å². The molecule has 3 heterocycles. The highest BCUT2D eigenvalue weighted by atomic mass is 35.5. The highest BCUT2D eigenvalue weighted by Crippen LogP contribution is 2.40. The van der Waals surface area contributed by atoms with Gasteiger partial charge in [-0.15, -0.1) is 9.67 Å². The van der Waals surface area contributed by atoms with Crippen molar-refractivity contribution in [3.05, 3.63) is 35.5 Å². The van der Waals surface area contributed by atoms with Crippen LogP contribution >= 0.6 is 11.6 Å². The molecule has 1 aliphatic rings. The van der Waals surface area contributed by atoms with Crippen molar-refractivity contribution in [2.45, 2.75) is 6.92 Å². The topological polar surface area (TPSA) is 56.1 Å². The summed E-state index contributed by atoms with van der Waals surface area (Å²) < 4.78 is 9.04. The molecule has 1 aromatic carbocycles. The lowest BCUT2D eigenvalue weighted by molar-refractivity contribution is -0.515. The van der Waals surface area contributed by atoms with Crippen LogP contribution in [0.25, 0.3) is 11.3 Å². The predicted octanol–water partition coefficient (Wildman–Crippen LogP) is 2.03. The Morgan fingerprint density at radius 2 is 2.15 bits per heavy atom. The summed E-state index contributed by atoms with van der Waals surface area (Å²) in [5.74, 6) is 0.816. The summed E-state index contributed by atoms with van der Waals surface area (Å²) in [6.45, 7) is 1.99. The molecule has 20 heavy (non-hydrogen) atoms. The third-order valence-corrected chi connectivity index (χ3v) is 3.84. The van der Waals surface area contributed by atoms with Gasteiger partial charge in [0.25, 0.3) is 5.65 Å². The molecule has 7 heteroatoms. The second-order valence-electron chi connectivity index (χ2n) is 4.60. The molecule has 0 radical (unpaired) electrons. The third kappa shape index (κ3) is 1.31. The average Bonchev–Trinajstić information content (AvgIpc) is 2.89. The number of rotatable bonds is 1. The molecule has 0 spiro atoms. The van der Waals surface area contributed by atoms with Crippen LogP contribution < -0.4 is 14.5 Å². The first-order valence-electron chi connectivity index (χ1n) is 6.09. The van der Waals surface area contributed by atoms with Gasteiger partial charge in [-0.25, -0.2) is 0 Å². The van der Waals surface area contributed by atoms with Crippen LogP contribution in [0, 0.1) is 6.92 Å². The largest absolute Gasteiger partial charge is 0.496 e. The fraction of sp³-hybridized carbons (Fsp3) is 0.154. The molecule has 0 atom stereocenters. The molecular formula is C13H11ClN5O+. The number of benzene rings is 1. The minimum atomic E-state index is 0.416. The number of hydrogen-bond acceptors (Lipinski definition) is 4. The summed E-state index contributed by atoms with van der Waals surface area (Å²) >= 11 is 6.20. The van der Waals surface area contributed by atoms with Crippen LogP contribution in [0.1, 0.15) is 5.56 Å². The van der Waals surface area contributed by atoms with Gasteiger partial charge in [-0.3, -0.25) is 0 Å². The van der Waals surface area contributed by atoms with Gasteiger partial charge in [0.05, 0.1) is 12.8 Å². The van der Waals surface area contributed by atoms with E-state index in [-0.39, 0.29) is 0 Å². The van der Waals surface area contributed by atoms with Crippen LogP contribution in [-0.4, -0.2) is 21.9 Å². The Labute approximate surface area is 119 Å². The monoisotopic (exact) mass is 288 g/mol. The van der Waals surface area contributed by atoms with Crippen molar-refractivity contribution in [3.8, 4) is 11.4 Å². The first-order chi connectivity index (χ1) is 9.70. The van der Waals surface area contributed by atoms with Gasteiger partial charge in [0.1, 0.15) is 11.4 Å². The van der Waals surface area contributed by atoms with Gasteiger partial charge in [0.2, 0.25) is 17.8 Å². The van der Waals surface area contributed by atoms with E-state index in [9.17, 15) is 0 Å². The van der Waals surface area contributed by atoms with E-state index in [2.05, 4.69) is 15.4 Å². The average molecular weight is 289 g/mol. The molecule has 1 aliphatic heterocycles. The molecule has 0 bridgehead atoms. The molecule has 6 nitrogen and oxygen atoms in total. The maximum Gasteiger partial charge on any atom is 0.268 e. The Bertz CT molecular complexity index is 858. The number of fused-ring (bicyclic) bond motifs is 2. The zero-order valence-corrected chi connectivity index (χ0v) is 11.6. The van der Waals surface area contributed by atoms with E-state index in [1.807, 2.05) is 28.1 Å². The lowest BCUT2D eigenvalue weighted by atomic mass is 10.1. The fourth-order valence-corrected chi connectivity index (χ4v) is 2.73. The number of halogens is 1. The maximum atomic E-state index is 6.20. The van der Waals surface area contributed by atoms with Gasteiger partial charge in [0, 0.05) is 5.56 Å². The van der Waals surface area contributed by atoms with Crippen LogP contribution in [0.2, 0.25) is 5.15 Å². The zero-order valence-electron chi connectivity index (χ0n) is 10.9. The number of hydrogen-bond donors (Lipinski definition) is 1. The van der Waals surface area contributed by atoms with Gasteiger partial charge in [-0.2, -0.15) is 4.40 Å². The molecule has 0 saturated carbocycles. The summed E-state index contributed by atoms with van der Waals surface area (Å²) in [6.07, 6.45) is 3.35. The molecule has 0 aliphatic carbocycles. The standard InChI is InChI=1S/C13H11ClN5O/c1-7-9(20-2)4-3-8-10(7)17-11-12(14)15-5-18-6-16-19(8)13(11)18/h3-6,17H,1-2H3/q+1. The SMILES string of the molecule is COc1ccc2c(c1C)Nc1c(Cl)nc[n+]3cnn-2c13. The molecule has 0 saturated heterocycles. The molecule has 100 valence electrons. The Balaban J connectivity index is 2.11. The Hall–Kier alpha value is -2.34. The van der Waals surface area contributed by atoms with Crippen molar-refractivity contribution in [2.75, 3.05) is 12.4 Å². The quantitative estimate of drug-likeness (QED) is 0.430. The first-order valence-corrected chi connectivity index (χ1v) is 6.47. The summed E-state index contributed by atoms with van der Waals surface area (Å²) in [4.78, 5) is 4.15. The highest BCUT2D eigenvalue weighted by Gasteiger charge is 2.29. The van der Waals surface area contributed by atoms with Gasteiger partial charge >= 0.3 is 0 Å². The lowest BCUT2D eigenvalue weighted by Crippen LogP contribution is -2.24. The molecule has 4 rings (SSSR count). The molecule has 0 amide bonds. The van der Waals surface area contributed by atoms with Crippen LogP contribution in [-0.2, 0) is 0 Å². The van der Waals surface area contributed by atoms with Gasteiger partial charge in [-0.1, -0.05) is 0 Å². The van der Waals surface area contributed by atoms with Crippen molar-refractivity contribution in [3.63, 3.8) is 0 Å².